The van der Waals surface area contributed by atoms with Crippen molar-refractivity contribution in [2.45, 2.75) is 44.2 Å². The Morgan fingerprint density at radius 2 is 1.82 bits per heavy atom. The van der Waals surface area contributed by atoms with Crippen LogP contribution in [0.5, 0.6) is 0 Å². The van der Waals surface area contributed by atoms with E-state index in [0.717, 1.165) is 32.4 Å². The van der Waals surface area contributed by atoms with Gasteiger partial charge in [0.1, 0.15) is 0 Å². The summed E-state index contributed by atoms with van der Waals surface area (Å²) in [6.07, 6.45) is 3.77. The van der Waals surface area contributed by atoms with Gasteiger partial charge in [-0.15, -0.1) is 0 Å². The maximum absolute atomic E-state index is 12.5. The smallest absolute Gasteiger partial charge is 0.223 e. The zero-order valence-electron chi connectivity index (χ0n) is 12.6. The minimum absolute atomic E-state index is 0.00492. The summed E-state index contributed by atoms with van der Waals surface area (Å²) in [7, 11) is 0. The summed E-state index contributed by atoms with van der Waals surface area (Å²) in [6.45, 7) is 1.86. The van der Waals surface area contributed by atoms with Crippen molar-refractivity contribution in [3.63, 3.8) is 0 Å². The Hall–Kier alpha value is -1.39. The number of ketones is 1. The number of amides is 1. The summed E-state index contributed by atoms with van der Waals surface area (Å²) in [5.41, 5.74) is 0.623. The highest BCUT2D eigenvalue weighted by molar-refractivity contribution is 6.30. The van der Waals surface area contributed by atoms with Crippen LogP contribution >= 0.6 is 11.6 Å². The number of Topliss-reactive ketones (excluding diaryl/α,β-unsaturated/α-hetero) is 1. The van der Waals surface area contributed by atoms with Gasteiger partial charge in [-0.2, -0.15) is 0 Å². The number of hydrogen-bond donors (Lipinski definition) is 1. The van der Waals surface area contributed by atoms with E-state index in [1.807, 2.05) is 4.90 Å². The molecule has 2 saturated heterocycles. The van der Waals surface area contributed by atoms with Crippen LogP contribution in [0.25, 0.3) is 0 Å². The van der Waals surface area contributed by atoms with Crippen LogP contribution in [0, 0.1) is 0 Å². The van der Waals surface area contributed by atoms with Crippen LogP contribution in [0.15, 0.2) is 24.3 Å². The van der Waals surface area contributed by atoms with Crippen LogP contribution in [0.3, 0.4) is 0 Å². The summed E-state index contributed by atoms with van der Waals surface area (Å²) in [4.78, 5) is 26.7. The molecular weight excluding hydrogens is 300 g/mol. The fourth-order valence-electron chi connectivity index (χ4n) is 3.52. The third-order valence-corrected chi connectivity index (χ3v) is 4.93. The molecule has 3 rings (SSSR count). The van der Waals surface area contributed by atoms with Gasteiger partial charge < -0.3 is 10.2 Å². The maximum atomic E-state index is 12.5. The predicted octanol–water partition coefficient (Wildman–Crippen LogP) is 2.66. The number of carbonyl (C=O) groups is 2. The lowest BCUT2D eigenvalue weighted by Crippen LogP contribution is -2.42. The van der Waals surface area contributed by atoms with Crippen LogP contribution in [-0.4, -0.2) is 41.8 Å². The SMILES string of the molecule is O=C(CCC(=O)N1C2CCNCC1CC2)c1ccc(Cl)cc1. The standard InChI is InChI=1S/C17H21ClN2O2/c18-13-3-1-12(2-4-13)16(21)7-8-17(22)20-14-5-6-15(20)11-19-10-9-14/h1-4,14-15,19H,5-11H2. The number of halogens is 1. The molecule has 0 spiro atoms. The molecule has 118 valence electrons. The van der Waals surface area contributed by atoms with Gasteiger partial charge in [0.15, 0.2) is 5.78 Å². The molecule has 22 heavy (non-hydrogen) atoms. The van der Waals surface area contributed by atoms with Gasteiger partial charge in [0.05, 0.1) is 0 Å². The molecule has 2 aliphatic rings. The van der Waals surface area contributed by atoms with E-state index in [-0.39, 0.29) is 18.1 Å². The second kappa shape index (κ2) is 6.80. The summed E-state index contributed by atoms with van der Waals surface area (Å²) < 4.78 is 0. The molecule has 0 aromatic heterocycles. The molecule has 1 aromatic carbocycles. The minimum Gasteiger partial charge on any atom is -0.335 e. The zero-order valence-corrected chi connectivity index (χ0v) is 13.3. The number of fused-ring (bicyclic) bond motifs is 2. The Morgan fingerprint density at radius 1 is 1.09 bits per heavy atom. The first kappa shape index (κ1) is 15.5. The van der Waals surface area contributed by atoms with Crippen molar-refractivity contribution < 1.29 is 9.59 Å². The number of nitrogens with zero attached hydrogens (tertiary/aromatic N) is 1. The Morgan fingerprint density at radius 3 is 2.59 bits per heavy atom. The normalized spacial score (nSPS) is 24.1. The van der Waals surface area contributed by atoms with Crippen molar-refractivity contribution in [2.75, 3.05) is 13.1 Å². The molecule has 2 bridgehead atoms. The first-order chi connectivity index (χ1) is 10.6. The topological polar surface area (TPSA) is 49.4 Å². The number of rotatable bonds is 4. The lowest BCUT2D eigenvalue weighted by atomic mass is 10.1. The molecule has 1 N–H and O–H groups in total. The Balaban J connectivity index is 1.58. The van der Waals surface area contributed by atoms with E-state index < -0.39 is 0 Å². The first-order valence-electron chi connectivity index (χ1n) is 7.96. The van der Waals surface area contributed by atoms with Crippen molar-refractivity contribution >= 4 is 23.3 Å². The van der Waals surface area contributed by atoms with Crippen LogP contribution in [0.1, 0.15) is 42.5 Å². The van der Waals surface area contributed by atoms with Crippen LogP contribution in [0.4, 0.5) is 0 Å². The highest BCUT2D eigenvalue weighted by Crippen LogP contribution is 2.28. The molecule has 1 aromatic rings. The largest absolute Gasteiger partial charge is 0.335 e. The minimum atomic E-state index is 0.00492. The number of nitrogens with one attached hydrogen (secondary N) is 1. The summed E-state index contributed by atoms with van der Waals surface area (Å²) in [6, 6.07) is 7.52. The lowest BCUT2D eigenvalue weighted by molar-refractivity contribution is -0.133. The quantitative estimate of drug-likeness (QED) is 0.868. The van der Waals surface area contributed by atoms with E-state index in [2.05, 4.69) is 5.32 Å². The van der Waals surface area contributed by atoms with E-state index in [9.17, 15) is 9.59 Å². The van der Waals surface area contributed by atoms with Crippen LogP contribution < -0.4 is 5.32 Å². The van der Waals surface area contributed by atoms with E-state index in [0.29, 0.717) is 29.1 Å². The molecule has 0 aliphatic carbocycles. The monoisotopic (exact) mass is 320 g/mol. The van der Waals surface area contributed by atoms with Crippen molar-refractivity contribution in [3.8, 4) is 0 Å². The average molecular weight is 321 g/mol. The first-order valence-corrected chi connectivity index (χ1v) is 8.33. The van der Waals surface area contributed by atoms with Gasteiger partial charge in [-0.1, -0.05) is 11.6 Å². The van der Waals surface area contributed by atoms with Gasteiger partial charge in [0.25, 0.3) is 0 Å². The molecule has 1 amide bonds. The average Bonchev–Trinajstić information content (AvgIpc) is 2.78. The molecule has 5 heteroatoms. The van der Waals surface area contributed by atoms with Crippen LogP contribution in [-0.2, 0) is 4.79 Å². The molecule has 0 radical (unpaired) electrons. The molecule has 2 fully saturated rings. The summed E-state index contributed by atoms with van der Waals surface area (Å²) in [5, 5.41) is 4.00. The van der Waals surface area contributed by atoms with Crippen LogP contribution in [0.2, 0.25) is 5.02 Å². The fourth-order valence-corrected chi connectivity index (χ4v) is 3.65. The molecule has 2 atom stereocenters. The summed E-state index contributed by atoms with van der Waals surface area (Å²) >= 11 is 5.82. The lowest BCUT2D eigenvalue weighted by Gasteiger charge is -2.27. The van der Waals surface area contributed by atoms with Crippen molar-refractivity contribution in [2.24, 2.45) is 0 Å². The van der Waals surface area contributed by atoms with Gasteiger partial charge in [-0.25, -0.2) is 0 Å². The van der Waals surface area contributed by atoms with E-state index in [1.165, 1.54) is 0 Å². The van der Waals surface area contributed by atoms with E-state index in [1.54, 1.807) is 24.3 Å². The van der Waals surface area contributed by atoms with E-state index >= 15 is 0 Å². The van der Waals surface area contributed by atoms with Gasteiger partial charge in [-0.3, -0.25) is 9.59 Å². The third kappa shape index (κ3) is 3.33. The number of hydrogen-bond acceptors (Lipinski definition) is 3. The summed E-state index contributed by atoms with van der Waals surface area (Å²) in [5.74, 6) is 0.129. The fraction of sp³-hybridized carbons (Fsp3) is 0.529. The molecule has 2 unspecified atom stereocenters. The van der Waals surface area contributed by atoms with Gasteiger partial charge >= 0.3 is 0 Å². The van der Waals surface area contributed by atoms with Crippen molar-refractivity contribution in [3.05, 3.63) is 34.9 Å². The number of benzene rings is 1. The Kier molecular flexibility index (Phi) is 4.79. The number of carbonyl (C=O) groups excluding carboxylic acids is 2. The third-order valence-electron chi connectivity index (χ3n) is 4.67. The molecule has 2 aliphatic heterocycles. The molecule has 0 saturated carbocycles. The highest BCUT2D eigenvalue weighted by atomic mass is 35.5. The van der Waals surface area contributed by atoms with Gasteiger partial charge in [0.2, 0.25) is 5.91 Å². The van der Waals surface area contributed by atoms with Gasteiger partial charge in [-0.05, 0) is 50.1 Å². The molecular formula is C17H21ClN2O2. The molecule has 2 heterocycles. The highest BCUT2D eigenvalue weighted by Gasteiger charge is 2.37. The second-order valence-corrected chi connectivity index (χ2v) is 6.55. The van der Waals surface area contributed by atoms with Crippen molar-refractivity contribution in [1.29, 1.82) is 0 Å². The maximum Gasteiger partial charge on any atom is 0.223 e. The Bertz CT molecular complexity index is 544. The predicted molar refractivity (Wildman–Crippen MR) is 86.2 cm³/mol. The molecule has 4 nitrogen and oxygen atoms in total. The zero-order chi connectivity index (χ0) is 15.5. The Labute approximate surface area is 135 Å². The van der Waals surface area contributed by atoms with E-state index in [4.69, 9.17) is 11.6 Å². The van der Waals surface area contributed by atoms with Gasteiger partial charge in [0, 0.05) is 42.1 Å². The second-order valence-electron chi connectivity index (χ2n) is 6.11. The van der Waals surface area contributed by atoms with Crippen molar-refractivity contribution in [1.82, 2.24) is 10.2 Å².